The van der Waals surface area contributed by atoms with E-state index in [-0.39, 0.29) is 0 Å². The summed E-state index contributed by atoms with van der Waals surface area (Å²) in [7, 11) is 0. The van der Waals surface area contributed by atoms with Crippen LogP contribution in [0.4, 0.5) is 0 Å². The van der Waals surface area contributed by atoms with E-state index in [1.165, 1.54) is 69.1 Å². The highest BCUT2D eigenvalue weighted by Crippen LogP contribution is 2.72. The first kappa shape index (κ1) is 21.6. The fourth-order valence-corrected chi connectivity index (χ4v) is 8.70. The van der Waals surface area contributed by atoms with Gasteiger partial charge >= 0.3 is 0 Å². The molecule has 4 saturated carbocycles. The minimum absolute atomic E-state index is 0.295. The Hall–Kier alpha value is -0.590. The lowest BCUT2D eigenvalue weighted by molar-refractivity contribution is -0.166. The normalized spacial score (nSPS) is 48.1. The molecule has 0 aromatic rings. The van der Waals surface area contributed by atoms with Gasteiger partial charge in [0.25, 0.3) is 0 Å². The molecule has 0 spiro atoms. The monoisotopic (exact) mass is 397 g/mol. The Labute approximate surface area is 181 Å². The first-order valence-corrected chi connectivity index (χ1v) is 12.6. The molecule has 4 fully saturated rings. The van der Waals surface area contributed by atoms with Gasteiger partial charge in [-0.1, -0.05) is 53.7 Å². The lowest BCUT2D eigenvalue weighted by Crippen LogP contribution is -2.59. The first-order chi connectivity index (χ1) is 13.4. The zero-order valence-corrected chi connectivity index (χ0v) is 20.5. The Bertz CT molecular complexity index is 696. The van der Waals surface area contributed by atoms with Gasteiger partial charge in [-0.15, -0.1) is 0 Å². The van der Waals surface area contributed by atoms with E-state index in [0.29, 0.717) is 21.7 Å². The molecule has 0 bridgehead atoms. The number of hydrogen-bond acceptors (Lipinski definition) is 1. The standard InChI is InChI=1S/C28H47N/c1-19-13-14-27(7)21(17-19)9-10-24-23-12-11-22(20(2)29-18-25(3,4)5)26(23,6)15-16-28(24,27)8/h21-24H,1,9-18H2,2-8H3. The van der Waals surface area contributed by atoms with E-state index >= 15 is 0 Å². The second-order valence-electron chi connectivity index (χ2n) is 13.4. The van der Waals surface area contributed by atoms with Crippen molar-refractivity contribution in [2.75, 3.05) is 6.54 Å². The van der Waals surface area contributed by atoms with E-state index in [4.69, 9.17) is 4.99 Å². The molecule has 0 aromatic carbocycles. The summed E-state index contributed by atoms with van der Waals surface area (Å²) >= 11 is 0. The number of allylic oxidation sites excluding steroid dienone is 1. The molecule has 4 rings (SSSR count). The maximum Gasteiger partial charge on any atom is 0.0437 e. The summed E-state index contributed by atoms with van der Waals surface area (Å²) in [4.78, 5) is 5.13. The van der Waals surface area contributed by atoms with Gasteiger partial charge in [-0.3, -0.25) is 4.99 Å². The van der Waals surface area contributed by atoms with E-state index in [2.05, 4.69) is 55.0 Å². The molecule has 0 saturated heterocycles. The zero-order chi connectivity index (χ0) is 21.2. The summed E-state index contributed by atoms with van der Waals surface area (Å²) in [5.74, 6) is 3.45. The molecule has 7 unspecified atom stereocenters. The minimum atomic E-state index is 0.295. The lowest BCUT2D eigenvalue weighted by Gasteiger charge is -2.66. The van der Waals surface area contributed by atoms with E-state index in [0.717, 1.165) is 30.2 Å². The van der Waals surface area contributed by atoms with Gasteiger partial charge in [0.15, 0.2) is 0 Å². The van der Waals surface area contributed by atoms with Crippen LogP contribution >= 0.6 is 0 Å². The van der Waals surface area contributed by atoms with Crippen molar-refractivity contribution in [2.45, 2.75) is 106 Å². The van der Waals surface area contributed by atoms with Crippen molar-refractivity contribution >= 4 is 5.71 Å². The highest BCUT2D eigenvalue weighted by atomic mass is 14.8. The largest absolute Gasteiger partial charge is 0.294 e. The molecule has 0 heterocycles. The quantitative estimate of drug-likeness (QED) is 0.330. The fourth-order valence-electron chi connectivity index (χ4n) is 8.70. The van der Waals surface area contributed by atoms with Gasteiger partial charge < -0.3 is 0 Å². The van der Waals surface area contributed by atoms with Gasteiger partial charge in [-0.2, -0.15) is 0 Å². The molecule has 0 aliphatic heterocycles. The molecule has 4 aliphatic carbocycles. The van der Waals surface area contributed by atoms with Gasteiger partial charge in [0.2, 0.25) is 0 Å². The highest BCUT2D eigenvalue weighted by molar-refractivity contribution is 5.85. The van der Waals surface area contributed by atoms with E-state index in [1.807, 2.05) is 0 Å². The van der Waals surface area contributed by atoms with Crippen molar-refractivity contribution < 1.29 is 0 Å². The van der Waals surface area contributed by atoms with Crippen LogP contribution in [-0.2, 0) is 0 Å². The molecule has 1 nitrogen and oxygen atoms in total. The van der Waals surface area contributed by atoms with Crippen molar-refractivity contribution in [2.24, 2.45) is 50.3 Å². The van der Waals surface area contributed by atoms with Gasteiger partial charge in [-0.25, -0.2) is 0 Å². The van der Waals surface area contributed by atoms with Crippen molar-refractivity contribution in [1.82, 2.24) is 0 Å². The van der Waals surface area contributed by atoms with E-state index < -0.39 is 0 Å². The summed E-state index contributed by atoms with van der Waals surface area (Å²) in [5.41, 5.74) is 4.84. The van der Waals surface area contributed by atoms with E-state index in [1.54, 1.807) is 0 Å². The van der Waals surface area contributed by atoms with Crippen molar-refractivity contribution in [3.63, 3.8) is 0 Å². The molecule has 7 atom stereocenters. The molecule has 4 aliphatic rings. The number of nitrogens with zero attached hydrogens (tertiary/aromatic N) is 1. The zero-order valence-electron chi connectivity index (χ0n) is 20.5. The van der Waals surface area contributed by atoms with Crippen molar-refractivity contribution in [3.8, 4) is 0 Å². The summed E-state index contributed by atoms with van der Waals surface area (Å²) in [6.45, 7) is 22.7. The fraction of sp³-hybridized carbons (Fsp3) is 0.893. The van der Waals surface area contributed by atoms with Crippen LogP contribution in [0.3, 0.4) is 0 Å². The van der Waals surface area contributed by atoms with Crippen LogP contribution in [0.5, 0.6) is 0 Å². The molecule has 1 heteroatoms. The van der Waals surface area contributed by atoms with Gasteiger partial charge in [0, 0.05) is 18.2 Å². The number of hydrogen-bond donors (Lipinski definition) is 0. The number of rotatable bonds is 2. The van der Waals surface area contributed by atoms with Gasteiger partial charge in [0.1, 0.15) is 0 Å². The Kier molecular flexibility index (Phi) is 5.19. The predicted molar refractivity (Wildman–Crippen MR) is 126 cm³/mol. The molecule has 164 valence electrons. The summed E-state index contributed by atoms with van der Waals surface area (Å²) in [6.07, 6.45) is 12.6. The van der Waals surface area contributed by atoms with Gasteiger partial charge in [-0.05, 0) is 104 Å². The number of fused-ring (bicyclic) bond motifs is 5. The second kappa shape index (κ2) is 6.96. The molecular formula is C28H47N. The Morgan fingerprint density at radius 2 is 1.66 bits per heavy atom. The third-order valence-electron chi connectivity index (χ3n) is 10.8. The number of aliphatic imine (C=N–C) groups is 1. The van der Waals surface area contributed by atoms with Gasteiger partial charge in [0.05, 0.1) is 0 Å². The van der Waals surface area contributed by atoms with Crippen LogP contribution in [0, 0.1) is 45.3 Å². The van der Waals surface area contributed by atoms with Crippen LogP contribution < -0.4 is 0 Å². The van der Waals surface area contributed by atoms with Crippen molar-refractivity contribution in [3.05, 3.63) is 12.2 Å². The van der Waals surface area contributed by atoms with Crippen LogP contribution in [0.1, 0.15) is 106 Å². The lowest BCUT2D eigenvalue weighted by atomic mass is 9.38. The smallest absolute Gasteiger partial charge is 0.0437 e. The van der Waals surface area contributed by atoms with Crippen molar-refractivity contribution in [1.29, 1.82) is 0 Å². The molecule has 0 aromatic heterocycles. The topological polar surface area (TPSA) is 12.4 Å². The third-order valence-corrected chi connectivity index (χ3v) is 10.8. The molecular weight excluding hydrogens is 350 g/mol. The molecule has 0 radical (unpaired) electrons. The maximum absolute atomic E-state index is 5.13. The highest BCUT2D eigenvalue weighted by Gasteiger charge is 2.65. The Morgan fingerprint density at radius 1 is 0.966 bits per heavy atom. The maximum atomic E-state index is 5.13. The predicted octanol–water partition coefficient (Wildman–Crippen LogP) is 8.10. The molecule has 29 heavy (non-hydrogen) atoms. The average Bonchev–Trinajstić information content (AvgIpc) is 2.98. The Balaban J connectivity index is 1.60. The summed E-state index contributed by atoms with van der Waals surface area (Å²) in [6, 6.07) is 0. The van der Waals surface area contributed by atoms with Crippen LogP contribution in [0.25, 0.3) is 0 Å². The molecule has 0 amide bonds. The summed E-state index contributed by atoms with van der Waals surface area (Å²) < 4.78 is 0. The van der Waals surface area contributed by atoms with E-state index in [9.17, 15) is 0 Å². The second-order valence-corrected chi connectivity index (χ2v) is 13.4. The average molecular weight is 398 g/mol. The third kappa shape index (κ3) is 3.28. The SMILES string of the molecule is C=C1CCC2(C)C(CCC3C4CCC(C(C)=NCC(C)(C)C)C4(C)CCC32C)C1. The summed E-state index contributed by atoms with van der Waals surface area (Å²) in [5, 5.41) is 0. The van der Waals surface area contributed by atoms with Crippen LogP contribution in [0.15, 0.2) is 17.1 Å². The van der Waals surface area contributed by atoms with Crippen LogP contribution in [-0.4, -0.2) is 12.3 Å². The molecule has 0 N–H and O–H groups in total. The minimum Gasteiger partial charge on any atom is -0.294 e. The van der Waals surface area contributed by atoms with Crippen LogP contribution in [0.2, 0.25) is 0 Å². The Morgan fingerprint density at radius 3 is 2.34 bits per heavy atom. The first-order valence-electron chi connectivity index (χ1n) is 12.6.